The summed E-state index contributed by atoms with van der Waals surface area (Å²) in [5.74, 6) is 0.517. The standard InChI is InChI=1S/C17H22FN3O2/c1-11-6-15(20-8-14(18)9-20)4-5-17(11)21-10-16(23-13(21)3)7-19-12(2)22/h4-6,14,16,19,22H,2-3,7-10H2,1H3. The van der Waals surface area contributed by atoms with E-state index < -0.39 is 6.17 Å². The molecular weight excluding hydrogens is 297 g/mol. The number of alkyl halides is 1. The molecule has 0 bridgehead atoms. The number of hydrogen-bond donors (Lipinski definition) is 2. The van der Waals surface area contributed by atoms with Gasteiger partial charge in [0.15, 0.2) is 11.8 Å². The van der Waals surface area contributed by atoms with Crippen LogP contribution in [-0.2, 0) is 4.74 Å². The lowest BCUT2D eigenvalue weighted by atomic mass is 10.1. The first-order chi connectivity index (χ1) is 10.9. The fourth-order valence-electron chi connectivity index (χ4n) is 2.94. The van der Waals surface area contributed by atoms with Crippen LogP contribution in [0.4, 0.5) is 15.8 Å². The van der Waals surface area contributed by atoms with Gasteiger partial charge >= 0.3 is 0 Å². The van der Waals surface area contributed by atoms with Gasteiger partial charge < -0.3 is 25.0 Å². The van der Waals surface area contributed by atoms with Gasteiger partial charge in [0.2, 0.25) is 0 Å². The maximum absolute atomic E-state index is 13.0. The minimum absolute atomic E-state index is 0.0705. The smallest absolute Gasteiger partial charge is 0.186 e. The quantitative estimate of drug-likeness (QED) is 0.817. The fourth-order valence-corrected chi connectivity index (χ4v) is 2.94. The highest BCUT2D eigenvalue weighted by molar-refractivity contribution is 5.64. The summed E-state index contributed by atoms with van der Waals surface area (Å²) < 4.78 is 18.7. The summed E-state index contributed by atoms with van der Waals surface area (Å²) in [7, 11) is 0. The first-order valence-corrected chi connectivity index (χ1v) is 7.68. The van der Waals surface area contributed by atoms with Crippen molar-refractivity contribution in [1.82, 2.24) is 5.32 Å². The van der Waals surface area contributed by atoms with Crippen molar-refractivity contribution >= 4 is 11.4 Å². The zero-order chi connectivity index (χ0) is 16.6. The van der Waals surface area contributed by atoms with Crippen LogP contribution >= 0.6 is 0 Å². The van der Waals surface area contributed by atoms with Crippen molar-refractivity contribution in [2.24, 2.45) is 0 Å². The lowest BCUT2D eigenvalue weighted by Gasteiger charge is -2.37. The number of nitrogens with zero attached hydrogens (tertiary/aromatic N) is 2. The number of aliphatic hydroxyl groups excluding tert-OH is 1. The molecule has 0 amide bonds. The molecule has 0 saturated carbocycles. The largest absolute Gasteiger partial charge is 0.495 e. The first kappa shape index (κ1) is 15.5. The van der Waals surface area contributed by atoms with Crippen molar-refractivity contribution in [3.63, 3.8) is 0 Å². The van der Waals surface area contributed by atoms with Crippen LogP contribution in [0.15, 0.2) is 43.1 Å². The molecule has 1 aromatic carbocycles. The highest BCUT2D eigenvalue weighted by atomic mass is 19.1. The number of nitrogens with one attached hydrogen (secondary N) is 1. The average molecular weight is 319 g/mol. The lowest BCUT2D eigenvalue weighted by molar-refractivity contribution is 0.164. The molecule has 0 aliphatic carbocycles. The van der Waals surface area contributed by atoms with Crippen LogP contribution in [0.5, 0.6) is 0 Å². The summed E-state index contributed by atoms with van der Waals surface area (Å²) in [6.45, 7) is 11.4. The minimum atomic E-state index is -0.712. The van der Waals surface area contributed by atoms with Crippen LogP contribution in [0.3, 0.4) is 0 Å². The summed E-state index contributed by atoms with van der Waals surface area (Å²) in [5.41, 5.74) is 3.16. The summed E-state index contributed by atoms with van der Waals surface area (Å²) in [4.78, 5) is 4.04. The van der Waals surface area contributed by atoms with Crippen LogP contribution in [0.2, 0.25) is 0 Å². The second-order valence-electron chi connectivity index (χ2n) is 6.04. The summed E-state index contributed by atoms with van der Waals surface area (Å²) in [6.07, 6.45) is -0.815. The Morgan fingerprint density at radius 2 is 2.17 bits per heavy atom. The molecule has 6 heteroatoms. The third kappa shape index (κ3) is 3.21. The molecule has 3 rings (SSSR count). The van der Waals surface area contributed by atoms with Crippen molar-refractivity contribution in [2.75, 3.05) is 36.0 Å². The number of benzene rings is 1. The predicted molar refractivity (Wildman–Crippen MR) is 89.4 cm³/mol. The molecule has 2 heterocycles. The van der Waals surface area contributed by atoms with Gasteiger partial charge in [0.25, 0.3) is 0 Å². The van der Waals surface area contributed by atoms with Crippen molar-refractivity contribution in [1.29, 1.82) is 0 Å². The molecule has 0 spiro atoms. The van der Waals surface area contributed by atoms with Gasteiger partial charge in [-0.05, 0) is 43.8 Å². The minimum Gasteiger partial charge on any atom is -0.495 e. The molecule has 124 valence electrons. The molecule has 2 N–H and O–H groups in total. The van der Waals surface area contributed by atoms with Crippen molar-refractivity contribution < 1.29 is 14.2 Å². The predicted octanol–water partition coefficient (Wildman–Crippen LogP) is 2.45. The normalized spacial score (nSPS) is 21.1. The Morgan fingerprint density at radius 1 is 1.43 bits per heavy atom. The van der Waals surface area contributed by atoms with E-state index in [-0.39, 0.29) is 12.0 Å². The third-order valence-electron chi connectivity index (χ3n) is 4.20. The molecule has 23 heavy (non-hydrogen) atoms. The molecule has 1 unspecified atom stereocenters. The van der Waals surface area contributed by atoms with E-state index in [1.54, 1.807) is 0 Å². The van der Waals surface area contributed by atoms with Gasteiger partial charge in [-0.1, -0.05) is 0 Å². The van der Waals surface area contributed by atoms with Gasteiger partial charge in [-0.3, -0.25) is 0 Å². The molecule has 2 fully saturated rings. The number of anilines is 2. The number of rotatable bonds is 5. The topological polar surface area (TPSA) is 48.0 Å². The zero-order valence-electron chi connectivity index (χ0n) is 13.3. The monoisotopic (exact) mass is 319 g/mol. The van der Waals surface area contributed by atoms with Gasteiger partial charge in [0.1, 0.15) is 12.3 Å². The molecule has 1 aromatic rings. The summed E-state index contributed by atoms with van der Waals surface area (Å²) >= 11 is 0. The van der Waals surface area contributed by atoms with Gasteiger partial charge in [0, 0.05) is 11.4 Å². The van der Waals surface area contributed by atoms with Crippen LogP contribution in [0, 0.1) is 6.92 Å². The SMILES string of the molecule is C=C(O)NCC1CN(c2ccc(N3CC(F)C3)cc2C)C(=C)O1. The van der Waals surface area contributed by atoms with Crippen LogP contribution < -0.4 is 15.1 Å². The van der Waals surface area contributed by atoms with Gasteiger partial charge in [-0.15, -0.1) is 0 Å². The first-order valence-electron chi connectivity index (χ1n) is 7.68. The van der Waals surface area contributed by atoms with Crippen molar-refractivity contribution in [2.45, 2.75) is 19.2 Å². The zero-order valence-corrected chi connectivity index (χ0v) is 13.3. The number of aliphatic hydroxyl groups is 1. The van der Waals surface area contributed by atoms with Crippen LogP contribution in [0.1, 0.15) is 5.56 Å². The Bertz CT molecular complexity index is 628. The van der Waals surface area contributed by atoms with E-state index in [1.165, 1.54) is 0 Å². The van der Waals surface area contributed by atoms with E-state index in [0.717, 1.165) is 16.9 Å². The molecule has 2 aliphatic rings. The second kappa shape index (κ2) is 6.02. The van der Waals surface area contributed by atoms with Gasteiger partial charge in [0.05, 0.1) is 26.2 Å². The Labute approximate surface area is 135 Å². The number of ether oxygens (including phenoxy) is 1. The molecule has 2 saturated heterocycles. The lowest BCUT2D eigenvalue weighted by Crippen LogP contribution is -2.48. The van der Waals surface area contributed by atoms with E-state index in [9.17, 15) is 4.39 Å². The van der Waals surface area contributed by atoms with E-state index in [2.05, 4.69) is 24.5 Å². The van der Waals surface area contributed by atoms with Crippen LogP contribution in [-0.4, -0.2) is 43.6 Å². The van der Waals surface area contributed by atoms with E-state index >= 15 is 0 Å². The number of hydrogen-bond acceptors (Lipinski definition) is 5. The van der Waals surface area contributed by atoms with E-state index in [1.807, 2.05) is 28.9 Å². The van der Waals surface area contributed by atoms with Gasteiger partial charge in [-0.25, -0.2) is 4.39 Å². The maximum atomic E-state index is 13.0. The Kier molecular flexibility index (Phi) is 4.07. The van der Waals surface area contributed by atoms with Crippen LogP contribution in [0.25, 0.3) is 0 Å². The molecule has 5 nitrogen and oxygen atoms in total. The Hall–Kier alpha value is -2.37. The third-order valence-corrected chi connectivity index (χ3v) is 4.20. The number of aryl methyl sites for hydroxylation is 1. The van der Waals surface area contributed by atoms with Gasteiger partial charge in [-0.2, -0.15) is 0 Å². The van der Waals surface area contributed by atoms with Crippen molar-refractivity contribution in [3.05, 3.63) is 48.7 Å². The molecule has 0 aromatic heterocycles. The summed E-state index contributed by atoms with van der Waals surface area (Å²) in [5, 5.41) is 11.9. The number of halogens is 1. The highest BCUT2D eigenvalue weighted by Crippen LogP contribution is 2.33. The van der Waals surface area contributed by atoms with Crippen molar-refractivity contribution in [3.8, 4) is 0 Å². The molecule has 2 aliphatic heterocycles. The molecule has 1 atom stereocenters. The maximum Gasteiger partial charge on any atom is 0.186 e. The second-order valence-corrected chi connectivity index (χ2v) is 6.04. The molecular formula is C17H22FN3O2. The highest BCUT2D eigenvalue weighted by Gasteiger charge is 2.30. The van der Waals surface area contributed by atoms with E-state index in [0.29, 0.717) is 32.1 Å². The fraction of sp³-hybridized carbons (Fsp3) is 0.412. The average Bonchev–Trinajstić information content (AvgIpc) is 2.83. The summed E-state index contributed by atoms with van der Waals surface area (Å²) in [6, 6.07) is 6.09. The molecule has 0 radical (unpaired) electrons. The Balaban J connectivity index is 1.69. The van der Waals surface area contributed by atoms with E-state index in [4.69, 9.17) is 9.84 Å². The Morgan fingerprint density at radius 3 is 2.78 bits per heavy atom.